The highest BCUT2D eigenvalue weighted by molar-refractivity contribution is 5.84. The van der Waals surface area contributed by atoms with E-state index in [1.165, 1.54) is 11.1 Å². The zero-order valence-electron chi connectivity index (χ0n) is 14.3. The lowest BCUT2D eigenvalue weighted by molar-refractivity contribution is 0.149. The fourth-order valence-corrected chi connectivity index (χ4v) is 2.98. The molecular weight excluding hydrogens is 298 g/mol. The van der Waals surface area contributed by atoms with E-state index in [1.54, 1.807) is 6.26 Å². The van der Waals surface area contributed by atoms with Crippen molar-refractivity contribution in [2.45, 2.75) is 32.3 Å². The summed E-state index contributed by atoms with van der Waals surface area (Å²) in [7, 11) is 0. The number of furan rings is 1. The molecule has 0 saturated heterocycles. The van der Waals surface area contributed by atoms with E-state index in [1.807, 2.05) is 24.3 Å². The van der Waals surface area contributed by atoms with Gasteiger partial charge in [-0.15, -0.1) is 0 Å². The lowest BCUT2D eigenvalue weighted by atomic mass is 9.97. The molecule has 0 aliphatic heterocycles. The Morgan fingerprint density at radius 3 is 2.62 bits per heavy atom. The Morgan fingerprint density at radius 1 is 1.08 bits per heavy atom. The largest absolute Gasteiger partial charge is 0.465 e. The first-order chi connectivity index (χ1) is 11.6. The first-order valence-electron chi connectivity index (χ1n) is 8.56. The van der Waals surface area contributed by atoms with Crippen LogP contribution in [-0.4, -0.2) is 18.2 Å². The molecule has 2 aromatic carbocycles. The first-order valence-corrected chi connectivity index (χ1v) is 8.56. The number of nitrogens with one attached hydrogen (secondary N) is 1. The van der Waals surface area contributed by atoms with E-state index >= 15 is 0 Å². The molecule has 0 amide bonds. The van der Waals surface area contributed by atoms with Gasteiger partial charge in [0.2, 0.25) is 0 Å². The molecule has 1 aromatic heterocycles. The van der Waals surface area contributed by atoms with Crippen LogP contribution in [-0.2, 0) is 0 Å². The standard InChI is InChI=1S/C21H25NO2/c1-15-7-9-17(10-8-15)16(2)11-12-22-13-20(23)21-19-6-4-3-5-18(19)14-24-21/h3-10,14,16,20,22-23H,11-13H2,1-2H3. The van der Waals surface area contributed by atoms with E-state index in [-0.39, 0.29) is 0 Å². The van der Waals surface area contributed by atoms with Crippen LogP contribution in [0.3, 0.4) is 0 Å². The Hall–Kier alpha value is -2.10. The minimum absolute atomic E-state index is 0.498. The molecule has 2 atom stereocenters. The van der Waals surface area contributed by atoms with Gasteiger partial charge in [-0.1, -0.05) is 61.0 Å². The van der Waals surface area contributed by atoms with Crippen LogP contribution >= 0.6 is 0 Å². The number of aryl methyl sites for hydroxylation is 1. The van der Waals surface area contributed by atoms with E-state index < -0.39 is 6.10 Å². The highest BCUT2D eigenvalue weighted by Gasteiger charge is 2.15. The van der Waals surface area contributed by atoms with Gasteiger partial charge in [-0.05, 0) is 31.4 Å². The Bertz CT molecular complexity index is 776. The number of aliphatic hydroxyl groups excluding tert-OH is 1. The molecule has 1 heterocycles. The Balaban J connectivity index is 1.48. The maximum Gasteiger partial charge on any atom is 0.141 e. The molecule has 24 heavy (non-hydrogen) atoms. The van der Waals surface area contributed by atoms with E-state index in [2.05, 4.69) is 43.4 Å². The van der Waals surface area contributed by atoms with Crippen LogP contribution < -0.4 is 5.32 Å². The van der Waals surface area contributed by atoms with Gasteiger partial charge in [-0.2, -0.15) is 0 Å². The highest BCUT2D eigenvalue weighted by atomic mass is 16.4. The van der Waals surface area contributed by atoms with Crippen molar-refractivity contribution in [3.05, 3.63) is 71.7 Å². The average Bonchev–Trinajstić information content (AvgIpc) is 3.03. The topological polar surface area (TPSA) is 45.4 Å². The third-order valence-electron chi connectivity index (χ3n) is 4.58. The molecule has 0 radical (unpaired) electrons. The van der Waals surface area contributed by atoms with Crippen molar-refractivity contribution in [2.24, 2.45) is 0 Å². The number of hydrogen-bond donors (Lipinski definition) is 2. The molecule has 0 aliphatic carbocycles. The molecule has 3 nitrogen and oxygen atoms in total. The van der Waals surface area contributed by atoms with Crippen LogP contribution in [0.1, 0.15) is 42.3 Å². The van der Waals surface area contributed by atoms with Gasteiger partial charge in [0.05, 0.1) is 6.26 Å². The molecule has 0 saturated carbocycles. The molecule has 0 fully saturated rings. The summed E-state index contributed by atoms with van der Waals surface area (Å²) in [5.41, 5.74) is 2.65. The fraction of sp³-hybridized carbons (Fsp3) is 0.333. The van der Waals surface area contributed by atoms with Crippen molar-refractivity contribution in [2.75, 3.05) is 13.1 Å². The molecule has 0 spiro atoms. The van der Waals surface area contributed by atoms with Gasteiger partial charge >= 0.3 is 0 Å². The highest BCUT2D eigenvalue weighted by Crippen LogP contribution is 2.26. The Morgan fingerprint density at radius 2 is 1.83 bits per heavy atom. The summed E-state index contributed by atoms with van der Waals surface area (Å²) in [5, 5.41) is 15.7. The summed E-state index contributed by atoms with van der Waals surface area (Å²) in [6.45, 7) is 5.71. The van der Waals surface area contributed by atoms with Gasteiger partial charge in [0.1, 0.15) is 11.9 Å². The van der Waals surface area contributed by atoms with Crippen molar-refractivity contribution in [1.29, 1.82) is 0 Å². The first kappa shape index (κ1) is 16.7. The van der Waals surface area contributed by atoms with Crippen LogP contribution in [0, 0.1) is 6.92 Å². The maximum atomic E-state index is 10.4. The molecule has 3 heteroatoms. The van der Waals surface area contributed by atoms with Crippen LogP contribution in [0.2, 0.25) is 0 Å². The quantitative estimate of drug-likeness (QED) is 0.627. The van der Waals surface area contributed by atoms with Gasteiger partial charge < -0.3 is 14.8 Å². The van der Waals surface area contributed by atoms with Crippen molar-refractivity contribution >= 4 is 10.8 Å². The molecule has 2 N–H and O–H groups in total. The van der Waals surface area contributed by atoms with Crippen LogP contribution in [0.4, 0.5) is 0 Å². The summed E-state index contributed by atoms with van der Waals surface area (Å²) in [6.07, 6.45) is 2.11. The summed E-state index contributed by atoms with van der Waals surface area (Å²) in [6, 6.07) is 16.6. The second-order valence-corrected chi connectivity index (χ2v) is 6.51. The minimum Gasteiger partial charge on any atom is -0.465 e. The van der Waals surface area contributed by atoms with Gasteiger partial charge in [0.25, 0.3) is 0 Å². The summed E-state index contributed by atoms with van der Waals surface area (Å²) >= 11 is 0. The monoisotopic (exact) mass is 323 g/mol. The summed E-state index contributed by atoms with van der Waals surface area (Å²) < 4.78 is 5.55. The van der Waals surface area contributed by atoms with E-state index in [0.29, 0.717) is 18.2 Å². The third-order valence-corrected chi connectivity index (χ3v) is 4.58. The van der Waals surface area contributed by atoms with Gasteiger partial charge in [0.15, 0.2) is 0 Å². The SMILES string of the molecule is Cc1ccc(C(C)CCNCC(O)c2occ3ccccc23)cc1. The lowest BCUT2D eigenvalue weighted by Gasteiger charge is -2.14. The van der Waals surface area contributed by atoms with E-state index in [0.717, 1.165) is 23.7 Å². The number of fused-ring (bicyclic) bond motifs is 1. The summed E-state index contributed by atoms with van der Waals surface area (Å²) in [5.74, 6) is 1.14. The van der Waals surface area contributed by atoms with E-state index in [4.69, 9.17) is 4.42 Å². The summed E-state index contributed by atoms with van der Waals surface area (Å²) in [4.78, 5) is 0. The Labute approximate surface area is 143 Å². The zero-order chi connectivity index (χ0) is 16.9. The van der Waals surface area contributed by atoms with Gasteiger partial charge in [0, 0.05) is 17.3 Å². The van der Waals surface area contributed by atoms with Gasteiger partial charge in [-0.3, -0.25) is 0 Å². The van der Waals surface area contributed by atoms with Crippen LogP contribution in [0.5, 0.6) is 0 Å². The number of aliphatic hydroxyl groups is 1. The molecule has 0 aliphatic rings. The molecule has 0 bridgehead atoms. The predicted octanol–water partition coefficient (Wildman–Crippen LogP) is 4.56. The van der Waals surface area contributed by atoms with Crippen LogP contribution in [0.15, 0.2) is 59.2 Å². The minimum atomic E-state index is -0.625. The Kier molecular flexibility index (Phi) is 5.34. The van der Waals surface area contributed by atoms with Crippen molar-refractivity contribution in [3.63, 3.8) is 0 Å². The van der Waals surface area contributed by atoms with Crippen molar-refractivity contribution in [1.82, 2.24) is 5.32 Å². The average molecular weight is 323 g/mol. The second-order valence-electron chi connectivity index (χ2n) is 6.51. The number of benzene rings is 2. The third kappa shape index (κ3) is 3.86. The normalized spacial score (nSPS) is 14.0. The zero-order valence-corrected chi connectivity index (χ0v) is 14.3. The lowest BCUT2D eigenvalue weighted by Crippen LogP contribution is -2.23. The second kappa shape index (κ2) is 7.65. The number of hydrogen-bond acceptors (Lipinski definition) is 3. The van der Waals surface area contributed by atoms with E-state index in [9.17, 15) is 5.11 Å². The fourth-order valence-electron chi connectivity index (χ4n) is 2.98. The molecule has 3 rings (SSSR count). The smallest absolute Gasteiger partial charge is 0.141 e. The van der Waals surface area contributed by atoms with Gasteiger partial charge in [-0.25, -0.2) is 0 Å². The molecule has 3 aromatic rings. The van der Waals surface area contributed by atoms with Crippen molar-refractivity contribution in [3.8, 4) is 0 Å². The molecule has 126 valence electrons. The molecule has 2 unspecified atom stereocenters. The molecular formula is C21H25NO2. The predicted molar refractivity (Wildman–Crippen MR) is 98.3 cm³/mol. The van der Waals surface area contributed by atoms with Crippen LogP contribution in [0.25, 0.3) is 10.8 Å². The maximum absolute atomic E-state index is 10.4. The van der Waals surface area contributed by atoms with Crippen molar-refractivity contribution < 1.29 is 9.52 Å². The number of rotatable bonds is 7.